The van der Waals surface area contributed by atoms with Crippen molar-refractivity contribution in [1.82, 2.24) is 0 Å². The van der Waals surface area contributed by atoms with Gasteiger partial charge in [-0.15, -0.1) is 12.4 Å². The Morgan fingerprint density at radius 2 is 2.15 bits per heavy atom. The van der Waals surface area contributed by atoms with Gasteiger partial charge >= 0.3 is 0 Å². The quantitative estimate of drug-likeness (QED) is 0.789. The summed E-state index contributed by atoms with van der Waals surface area (Å²) in [5.74, 6) is 1.30. The third-order valence-electron chi connectivity index (χ3n) is 1.78. The third-order valence-corrected chi connectivity index (χ3v) is 2.19. The van der Waals surface area contributed by atoms with Crippen molar-refractivity contribution in [3.8, 4) is 11.5 Å². The molecule has 1 aromatic carbocycles. The van der Waals surface area contributed by atoms with Crippen LogP contribution < -0.4 is 15.2 Å². The van der Waals surface area contributed by atoms with Gasteiger partial charge in [0.25, 0.3) is 0 Å². The molecule has 0 spiro atoms. The van der Waals surface area contributed by atoms with Crippen molar-refractivity contribution in [3.05, 3.63) is 22.7 Å². The molecule has 1 aromatic rings. The third kappa shape index (κ3) is 1.68. The Morgan fingerprint density at radius 1 is 1.38 bits per heavy atom. The number of halogens is 2. The van der Waals surface area contributed by atoms with Crippen LogP contribution in [0.4, 0.5) is 0 Å². The summed E-state index contributed by atoms with van der Waals surface area (Å²) in [7, 11) is 0. The fourth-order valence-electron chi connectivity index (χ4n) is 1.14. The van der Waals surface area contributed by atoms with Gasteiger partial charge in [-0.05, 0) is 11.6 Å². The van der Waals surface area contributed by atoms with Crippen LogP contribution in [-0.4, -0.2) is 6.79 Å². The minimum atomic E-state index is 0. The van der Waals surface area contributed by atoms with Gasteiger partial charge in [0.1, 0.15) is 0 Å². The Hall–Kier alpha value is -0.640. The Kier molecular flexibility index (Phi) is 3.25. The highest BCUT2D eigenvalue weighted by atomic mass is 35.5. The summed E-state index contributed by atoms with van der Waals surface area (Å²) in [5.41, 5.74) is 6.34. The first-order valence-electron chi connectivity index (χ1n) is 3.60. The summed E-state index contributed by atoms with van der Waals surface area (Å²) >= 11 is 5.97. The van der Waals surface area contributed by atoms with Crippen LogP contribution in [0, 0.1) is 0 Å². The van der Waals surface area contributed by atoms with E-state index in [4.69, 9.17) is 26.8 Å². The van der Waals surface area contributed by atoms with E-state index in [9.17, 15) is 0 Å². The minimum Gasteiger partial charge on any atom is -0.454 e. The molecule has 1 aliphatic heterocycles. The normalized spacial score (nSPS) is 12.5. The van der Waals surface area contributed by atoms with E-state index in [2.05, 4.69) is 0 Å². The molecule has 13 heavy (non-hydrogen) atoms. The molecule has 0 saturated carbocycles. The molecule has 72 valence electrons. The molecule has 0 unspecified atom stereocenters. The fourth-order valence-corrected chi connectivity index (χ4v) is 1.42. The van der Waals surface area contributed by atoms with Crippen LogP contribution in [0.3, 0.4) is 0 Å². The van der Waals surface area contributed by atoms with Gasteiger partial charge in [-0.2, -0.15) is 0 Å². The summed E-state index contributed by atoms with van der Waals surface area (Å²) < 4.78 is 10.3. The molecule has 5 heteroatoms. The lowest BCUT2D eigenvalue weighted by molar-refractivity contribution is 0.174. The first-order valence-corrected chi connectivity index (χ1v) is 3.98. The molecule has 0 bridgehead atoms. The predicted octanol–water partition coefficient (Wildman–Crippen LogP) is 1.95. The first kappa shape index (κ1) is 10.4. The zero-order chi connectivity index (χ0) is 8.55. The molecule has 0 atom stereocenters. The summed E-state index contributed by atoms with van der Waals surface area (Å²) in [6.45, 7) is 0.651. The van der Waals surface area contributed by atoms with Crippen LogP contribution in [0.1, 0.15) is 5.56 Å². The Bertz CT molecular complexity index is 317. The van der Waals surface area contributed by atoms with E-state index >= 15 is 0 Å². The lowest BCUT2D eigenvalue weighted by Gasteiger charge is -2.03. The monoisotopic (exact) mass is 221 g/mol. The Balaban J connectivity index is 0.000000845. The van der Waals surface area contributed by atoms with E-state index in [0.29, 0.717) is 23.1 Å². The van der Waals surface area contributed by atoms with Gasteiger partial charge in [0.15, 0.2) is 11.5 Å². The molecule has 0 saturated heterocycles. The maximum atomic E-state index is 5.97. The number of rotatable bonds is 1. The minimum absolute atomic E-state index is 0. The molecule has 0 amide bonds. The second kappa shape index (κ2) is 4.05. The van der Waals surface area contributed by atoms with Crippen molar-refractivity contribution >= 4 is 24.0 Å². The van der Waals surface area contributed by atoms with Crippen LogP contribution in [0.5, 0.6) is 11.5 Å². The van der Waals surface area contributed by atoms with Crippen LogP contribution in [-0.2, 0) is 6.54 Å². The van der Waals surface area contributed by atoms with Gasteiger partial charge in [-0.3, -0.25) is 0 Å². The van der Waals surface area contributed by atoms with Gasteiger partial charge in [-0.1, -0.05) is 17.7 Å². The van der Waals surface area contributed by atoms with Crippen molar-refractivity contribution in [2.75, 3.05) is 6.79 Å². The number of hydrogen-bond donors (Lipinski definition) is 1. The van der Waals surface area contributed by atoms with Crippen LogP contribution in [0.2, 0.25) is 5.02 Å². The van der Waals surface area contributed by atoms with Gasteiger partial charge in [0.2, 0.25) is 6.79 Å². The maximum absolute atomic E-state index is 5.97. The van der Waals surface area contributed by atoms with Crippen LogP contribution >= 0.6 is 24.0 Å². The van der Waals surface area contributed by atoms with Crippen LogP contribution in [0.15, 0.2) is 12.1 Å². The molecule has 2 N–H and O–H groups in total. The zero-order valence-corrected chi connectivity index (χ0v) is 8.32. The van der Waals surface area contributed by atoms with Crippen molar-refractivity contribution in [2.24, 2.45) is 5.73 Å². The van der Waals surface area contributed by atoms with E-state index in [-0.39, 0.29) is 19.2 Å². The predicted molar refractivity (Wildman–Crippen MR) is 52.7 cm³/mol. The summed E-state index contributed by atoms with van der Waals surface area (Å²) in [6.07, 6.45) is 0. The molecule has 0 aromatic heterocycles. The average molecular weight is 222 g/mol. The van der Waals surface area contributed by atoms with Gasteiger partial charge in [0.05, 0.1) is 5.02 Å². The van der Waals surface area contributed by atoms with E-state index < -0.39 is 0 Å². The van der Waals surface area contributed by atoms with E-state index in [1.54, 1.807) is 0 Å². The Morgan fingerprint density at radius 3 is 2.85 bits per heavy atom. The summed E-state index contributed by atoms with van der Waals surface area (Å²) in [5, 5.41) is 0.563. The molecular formula is C8H9Cl2NO2. The van der Waals surface area contributed by atoms with E-state index in [1.807, 2.05) is 12.1 Å². The second-order valence-electron chi connectivity index (χ2n) is 2.48. The number of ether oxygens (including phenoxy) is 2. The molecular weight excluding hydrogens is 213 g/mol. The van der Waals surface area contributed by atoms with Gasteiger partial charge in [0, 0.05) is 6.54 Å². The smallest absolute Gasteiger partial charge is 0.231 e. The molecule has 2 rings (SSSR count). The molecule has 0 aliphatic carbocycles. The maximum Gasteiger partial charge on any atom is 0.231 e. The molecule has 1 aliphatic rings. The standard InChI is InChI=1S/C8H8ClNO2.ClH/c9-7-5(3-10)1-2-6-8(7)12-4-11-6;/h1-2H,3-4,10H2;1H. The van der Waals surface area contributed by atoms with E-state index in [1.165, 1.54) is 0 Å². The van der Waals surface area contributed by atoms with Crippen molar-refractivity contribution in [3.63, 3.8) is 0 Å². The number of nitrogens with two attached hydrogens (primary N) is 1. The molecule has 1 heterocycles. The lowest BCUT2D eigenvalue weighted by Crippen LogP contribution is -1.97. The summed E-state index contributed by atoms with van der Waals surface area (Å²) in [6, 6.07) is 3.66. The van der Waals surface area contributed by atoms with E-state index in [0.717, 1.165) is 5.56 Å². The molecule has 0 radical (unpaired) electrons. The van der Waals surface area contributed by atoms with Crippen molar-refractivity contribution in [2.45, 2.75) is 6.54 Å². The first-order chi connectivity index (χ1) is 5.83. The topological polar surface area (TPSA) is 44.5 Å². The van der Waals surface area contributed by atoms with Crippen molar-refractivity contribution < 1.29 is 9.47 Å². The Labute approximate surface area is 87.2 Å². The largest absolute Gasteiger partial charge is 0.454 e. The number of fused-ring (bicyclic) bond motifs is 1. The van der Waals surface area contributed by atoms with Gasteiger partial charge < -0.3 is 15.2 Å². The highest BCUT2D eigenvalue weighted by molar-refractivity contribution is 6.33. The lowest BCUT2D eigenvalue weighted by atomic mass is 10.2. The highest BCUT2D eigenvalue weighted by Gasteiger charge is 2.18. The number of hydrogen-bond acceptors (Lipinski definition) is 3. The molecule has 3 nitrogen and oxygen atoms in total. The zero-order valence-electron chi connectivity index (χ0n) is 6.75. The van der Waals surface area contributed by atoms with Gasteiger partial charge in [-0.25, -0.2) is 0 Å². The summed E-state index contributed by atoms with van der Waals surface area (Å²) in [4.78, 5) is 0. The second-order valence-corrected chi connectivity index (χ2v) is 2.85. The van der Waals surface area contributed by atoms with Crippen molar-refractivity contribution in [1.29, 1.82) is 0 Å². The van der Waals surface area contributed by atoms with Crippen LogP contribution in [0.25, 0.3) is 0 Å². The molecule has 0 fully saturated rings. The average Bonchev–Trinajstić information content (AvgIpc) is 2.53. The number of benzene rings is 1. The highest BCUT2D eigenvalue weighted by Crippen LogP contribution is 2.40. The SMILES string of the molecule is Cl.NCc1ccc2c(c1Cl)OCO2. The fraction of sp³-hybridized carbons (Fsp3) is 0.250.